The number of aromatic amines is 1. The van der Waals surface area contributed by atoms with Gasteiger partial charge in [-0.2, -0.15) is 0 Å². The van der Waals surface area contributed by atoms with Gasteiger partial charge in [0.05, 0.1) is 16.8 Å². The number of H-pyrrole nitrogens is 1. The minimum atomic E-state index is -0.275. The Labute approximate surface area is 137 Å². The number of carbonyl (C=O) groups is 1. The lowest BCUT2D eigenvalue weighted by Gasteiger charge is -2.16. The number of halogens is 1. The Bertz CT molecular complexity index is 783. The monoisotopic (exact) mass is 329 g/mol. The predicted octanol–water partition coefficient (Wildman–Crippen LogP) is 3.45. The van der Waals surface area contributed by atoms with Gasteiger partial charge in [0.15, 0.2) is 5.16 Å². The highest BCUT2D eigenvalue weighted by molar-refractivity contribution is 7.99. The van der Waals surface area contributed by atoms with Crippen molar-refractivity contribution in [2.24, 2.45) is 0 Å². The average molecular weight is 329 g/mol. The number of benzene rings is 2. The molecule has 6 heteroatoms. The highest BCUT2D eigenvalue weighted by atomic mass is 32.2. The first kappa shape index (κ1) is 15.6. The first-order valence-electron chi connectivity index (χ1n) is 7.18. The third-order valence-corrected chi connectivity index (χ3v) is 4.32. The molecule has 3 rings (SSSR count). The minimum Gasteiger partial charge on any atom is -0.341 e. The number of nitrogens with zero attached hydrogens (tertiary/aromatic N) is 2. The van der Waals surface area contributed by atoms with Crippen molar-refractivity contribution < 1.29 is 9.18 Å². The van der Waals surface area contributed by atoms with Crippen molar-refractivity contribution in [1.82, 2.24) is 14.9 Å². The van der Waals surface area contributed by atoms with E-state index in [4.69, 9.17) is 0 Å². The lowest BCUT2D eigenvalue weighted by molar-refractivity contribution is -0.127. The molecular weight excluding hydrogens is 313 g/mol. The summed E-state index contributed by atoms with van der Waals surface area (Å²) >= 11 is 1.38. The molecule has 1 amide bonds. The fourth-order valence-electron chi connectivity index (χ4n) is 2.19. The van der Waals surface area contributed by atoms with Crippen LogP contribution in [0.4, 0.5) is 4.39 Å². The molecule has 0 unspecified atom stereocenters. The normalized spacial score (nSPS) is 10.9. The smallest absolute Gasteiger partial charge is 0.233 e. The van der Waals surface area contributed by atoms with Gasteiger partial charge in [-0.1, -0.05) is 36.0 Å². The molecule has 0 saturated heterocycles. The first-order valence-corrected chi connectivity index (χ1v) is 8.16. The number of aromatic nitrogens is 2. The van der Waals surface area contributed by atoms with Gasteiger partial charge in [0.2, 0.25) is 5.91 Å². The number of hydrogen-bond acceptors (Lipinski definition) is 3. The topological polar surface area (TPSA) is 49.0 Å². The zero-order valence-electron chi connectivity index (χ0n) is 12.6. The minimum absolute atomic E-state index is 0.000203. The maximum atomic E-state index is 12.9. The average Bonchev–Trinajstić information content (AvgIpc) is 2.97. The molecule has 2 aromatic carbocycles. The number of fused-ring (bicyclic) bond motifs is 1. The van der Waals surface area contributed by atoms with Crippen LogP contribution in [0.5, 0.6) is 0 Å². The van der Waals surface area contributed by atoms with Crippen LogP contribution >= 0.6 is 11.8 Å². The van der Waals surface area contributed by atoms with Crippen molar-refractivity contribution >= 4 is 28.7 Å². The van der Waals surface area contributed by atoms with Crippen LogP contribution in [0.15, 0.2) is 53.7 Å². The Balaban J connectivity index is 1.56. The standard InChI is InChI=1S/C17H16FN3OS/c1-21(10-12-6-8-13(18)9-7-12)16(22)11-23-17-19-14-4-2-3-5-15(14)20-17/h2-9H,10-11H2,1H3,(H,19,20). The summed E-state index contributed by atoms with van der Waals surface area (Å²) in [5.41, 5.74) is 2.75. The molecule has 0 bridgehead atoms. The molecule has 1 N–H and O–H groups in total. The highest BCUT2D eigenvalue weighted by Gasteiger charge is 2.11. The number of nitrogens with one attached hydrogen (secondary N) is 1. The molecule has 0 aliphatic rings. The summed E-state index contributed by atoms with van der Waals surface area (Å²) in [6.07, 6.45) is 0. The fraction of sp³-hybridized carbons (Fsp3) is 0.176. The molecule has 0 saturated carbocycles. The molecule has 0 atom stereocenters. The van der Waals surface area contributed by atoms with Crippen LogP contribution in [0.25, 0.3) is 11.0 Å². The van der Waals surface area contributed by atoms with Crippen molar-refractivity contribution in [3.63, 3.8) is 0 Å². The fourth-order valence-corrected chi connectivity index (χ4v) is 3.02. The number of para-hydroxylation sites is 2. The van der Waals surface area contributed by atoms with E-state index in [9.17, 15) is 9.18 Å². The van der Waals surface area contributed by atoms with E-state index >= 15 is 0 Å². The lowest BCUT2D eigenvalue weighted by atomic mass is 10.2. The van der Waals surface area contributed by atoms with E-state index in [2.05, 4.69) is 9.97 Å². The Kier molecular flexibility index (Phi) is 4.62. The van der Waals surface area contributed by atoms with Crippen LogP contribution in [0.3, 0.4) is 0 Å². The zero-order valence-corrected chi connectivity index (χ0v) is 13.4. The van der Waals surface area contributed by atoms with Crippen LogP contribution in [0.2, 0.25) is 0 Å². The van der Waals surface area contributed by atoms with Gasteiger partial charge < -0.3 is 9.88 Å². The summed E-state index contributed by atoms with van der Waals surface area (Å²) in [7, 11) is 1.74. The number of hydrogen-bond donors (Lipinski definition) is 1. The molecule has 0 aliphatic carbocycles. The van der Waals surface area contributed by atoms with Gasteiger partial charge in [0, 0.05) is 13.6 Å². The lowest BCUT2D eigenvalue weighted by Crippen LogP contribution is -2.27. The van der Waals surface area contributed by atoms with Gasteiger partial charge in [-0.3, -0.25) is 4.79 Å². The van der Waals surface area contributed by atoms with Crippen LogP contribution in [-0.2, 0) is 11.3 Å². The van der Waals surface area contributed by atoms with Crippen molar-refractivity contribution in [2.75, 3.05) is 12.8 Å². The van der Waals surface area contributed by atoms with E-state index in [0.717, 1.165) is 21.8 Å². The van der Waals surface area contributed by atoms with Crippen LogP contribution in [-0.4, -0.2) is 33.6 Å². The maximum Gasteiger partial charge on any atom is 0.233 e. The second-order valence-corrected chi connectivity index (χ2v) is 6.19. The summed E-state index contributed by atoms with van der Waals surface area (Å²) in [4.78, 5) is 21.4. The SMILES string of the molecule is CN(Cc1ccc(F)cc1)C(=O)CSc1nc2ccccc2[nH]1. The van der Waals surface area contributed by atoms with Crippen molar-refractivity contribution in [3.8, 4) is 0 Å². The van der Waals surface area contributed by atoms with Gasteiger partial charge >= 0.3 is 0 Å². The van der Waals surface area contributed by atoms with E-state index in [1.165, 1.54) is 23.9 Å². The molecule has 3 aromatic rings. The largest absolute Gasteiger partial charge is 0.341 e. The second-order valence-electron chi connectivity index (χ2n) is 5.22. The summed E-state index contributed by atoms with van der Waals surface area (Å²) < 4.78 is 12.9. The second kappa shape index (κ2) is 6.83. The van der Waals surface area contributed by atoms with Crippen molar-refractivity contribution in [2.45, 2.75) is 11.7 Å². The molecule has 0 aliphatic heterocycles. The van der Waals surface area contributed by atoms with Gasteiger partial charge in [-0.25, -0.2) is 9.37 Å². The van der Waals surface area contributed by atoms with E-state index in [1.807, 2.05) is 24.3 Å². The molecule has 0 radical (unpaired) electrons. The summed E-state index contributed by atoms with van der Waals surface area (Å²) in [5, 5.41) is 0.731. The summed E-state index contributed by atoms with van der Waals surface area (Å²) in [6, 6.07) is 13.9. The Hall–Kier alpha value is -2.34. The number of imidazole rings is 1. The number of thioether (sulfide) groups is 1. The van der Waals surface area contributed by atoms with Crippen molar-refractivity contribution in [1.29, 1.82) is 0 Å². The summed E-state index contributed by atoms with van der Waals surface area (Å²) in [6.45, 7) is 0.458. The predicted molar refractivity (Wildman–Crippen MR) is 89.7 cm³/mol. The van der Waals surface area contributed by atoms with Crippen molar-refractivity contribution in [3.05, 3.63) is 59.9 Å². The molecule has 1 aromatic heterocycles. The Morgan fingerprint density at radius 3 is 2.70 bits per heavy atom. The maximum absolute atomic E-state index is 12.9. The first-order chi connectivity index (χ1) is 11.1. The highest BCUT2D eigenvalue weighted by Crippen LogP contribution is 2.19. The van der Waals surface area contributed by atoms with Crippen LogP contribution < -0.4 is 0 Å². The van der Waals surface area contributed by atoms with Gasteiger partial charge in [0.25, 0.3) is 0 Å². The van der Waals surface area contributed by atoms with E-state index < -0.39 is 0 Å². The molecule has 1 heterocycles. The quantitative estimate of drug-likeness (QED) is 0.729. The van der Waals surface area contributed by atoms with Crippen LogP contribution in [0.1, 0.15) is 5.56 Å². The third-order valence-electron chi connectivity index (χ3n) is 3.46. The molecular formula is C17H16FN3OS. The Morgan fingerprint density at radius 1 is 1.22 bits per heavy atom. The van der Waals surface area contributed by atoms with Gasteiger partial charge in [-0.15, -0.1) is 0 Å². The molecule has 4 nitrogen and oxygen atoms in total. The molecule has 118 valence electrons. The zero-order chi connectivity index (χ0) is 16.2. The third kappa shape index (κ3) is 3.90. The van der Waals surface area contributed by atoms with Gasteiger partial charge in [-0.05, 0) is 29.8 Å². The number of rotatable bonds is 5. The van der Waals surface area contributed by atoms with E-state index in [1.54, 1.807) is 24.1 Å². The van der Waals surface area contributed by atoms with Gasteiger partial charge in [0.1, 0.15) is 5.82 Å². The number of carbonyl (C=O) groups excluding carboxylic acids is 1. The van der Waals surface area contributed by atoms with Crippen LogP contribution in [0, 0.1) is 5.82 Å². The molecule has 0 spiro atoms. The molecule has 0 fully saturated rings. The van der Waals surface area contributed by atoms with E-state index in [-0.39, 0.29) is 11.7 Å². The molecule has 23 heavy (non-hydrogen) atoms. The van der Waals surface area contributed by atoms with E-state index in [0.29, 0.717) is 12.3 Å². The summed E-state index contributed by atoms with van der Waals surface area (Å²) in [5.74, 6) is 0.0280. The number of amides is 1. The Morgan fingerprint density at radius 2 is 1.96 bits per heavy atom.